The Hall–Kier alpha value is -1.91. The molecule has 0 fully saturated rings. The van der Waals surface area contributed by atoms with Crippen molar-refractivity contribution in [3.05, 3.63) is 64.7 Å². The fourth-order valence-electron chi connectivity index (χ4n) is 3.06. The summed E-state index contributed by atoms with van der Waals surface area (Å²) in [5.41, 5.74) is 6.21. The topological polar surface area (TPSA) is 28.5 Å². The largest absolute Gasteiger partial charge is 0.356 e. The summed E-state index contributed by atoms with van der Waals surface area (Å²) in [5, 5.41) is 7.34. The lowest BCUT2D eigenvalue weighted by molar-refractivity contribution is -0.890. The molecule has 0 radical (unpaired) electrons. The molecule has 1 atom stereocenters. The molecule has 0 aliphatic heterocycles. The van der Waals surface area contributed by atoms with Gasteiger partial charge in [-0.25, -0.2) is 0 Å². The number of thiocarbonyl (C=S) groups is 1. The van der Waals surface area contributed by atoms with E-state index in [-0.39, 0.29) is 0 Å². The third kappa shape index (κ3) is 5.83. The summed E-state index contributed by atoms with van der Waals surface area (Å²) in [6.07, 6.45) is 1.07. The Morgan fingerprint density at radius 1 is 1.04 bits per heavy atom. The summed E-state index contributed by atoms with van der Waals surface area (Å²) in [4.78, 5) is 1.38. The van der Waals surface area contributed by atoms with E-state index in [1.165, 1.54) is 27.2 Å². The molecule has 2 aromatic carbocycles. The molecule has 0 heterocycles. The molecule has 3 nitrogen and oxygen atoms in total. The van der Waals surface area contributed by atoms with Crippen LogP contribution in [0.3, 0.4) is 0 Å². The summed E-state index contributed by atoms with van der Waals surface area (Å²) >= 11 is 5.49. The maximum Gasteiger partial charge on any atom is 0.171 e. The lowest BCUT2D eigenvalue weighted by Crippen LogP contribution is -3.07. The molecule has 0 bridgehead atoms. The summed E-state index contributed by atoms with van der Waals surface area (Å²) in [5.74, 6) is 0. The molecule has 3 N–H and O–H groups in total. The van der Waals surface area contributed by atoms with E-state index in [9.17, 15) is 0 Å². The van der Waals surface area contributed by atoms with Gasteiger partial charge in [0, 0.05) is 11.3 Å². The van der Waals surface area contributed by atoms with Crippen molar-refractivity contribution in [2.75, 3.05) is 26.0 Å². The van der Waals surface area contributed by atoms with E-state index in [2.05, 4.69) is 88.0 Å². The summed E-state index contributed by atoms with van der Waals surface area (Å²) in [6.45, 7) is 7.17. The molecule has 134 valence electrons. The highest BCUT2D eigenvalue weighted by Gasteiger charge is 2.18. The van der Waals surface area contributed by atoms with Crippen LogP contribution in [0, 0.1) is 13.8 Å². The van der Waals surface area contributed by atoms with Crippen LogP contribution in [0.5, 0.6) is 0 Å². The van der Waals surface area contributed by atoms with Gasteiger partial charge in [0.15, 0.2) is 5.11 Å². The first-order valence-electron chi connectivity index (χ1n) is 8.91. The van der Waals surface area contributed by atoms with Gasteiger partial charge in [-0.1, -0.05) is 37.3 Å². The van der Waals surface area contributed by atoms with Crippen LogP contribution < -0.4 is 15.5 Å². The van der Waals surface area contributed by atoms with E-state index in [1.807, 2.05) is 0 Å². The van der Waals surface area contributed by atoms with Crippen molar-refractivity contribution in [3.8, 4) is 0 Å². The van der Waals surface area contributed by atoms with Crippen LogP contribution in [0.2, 0.25) is 0 Å². The van der Waals surface area contributed by atoms with Crippen molar-refractivity contribution in [3.63, 3.8) is 0 Å². The Labute approximate surface area is 157 Å². The van der Waals surface area contributed by atoms with Gasteiger partial charge in [0.1, 0.15) is 6.04 Å². The van der Waals surface area contributed by atoms with Gasteiger partial charge in [-0.2, -0.15) is 0 Å². The Balaban J connectivity index is 1.99. The number of benzene rings is 2. The highest BCUT2D eigenvalue weighted by atomic mass is 32.1. The lowest BCUT2D eigenvalue weighted by atomic mass is 10.0. The predicted molar refractivity (Wildman–Crippen MR) is 112 cm³/mol. The van der Waals surface area contributed by atoms with Crippen LogP contribution in [-0.2, 0) is 6.42 Å². The Bertz CT molecular complexity index is 687. The van der Waals surface area contributed by atoms with E-state index >= 15 is 0 Å². The van der Waals surface area contributed by atoms with Crippen LogP contribution in [0.15, 0.2) is 42.5 Å². The third-order valence-electron chi connectivity index (χ3n) is 4.43. The molecule has 0 spiro atoms. The van der Waals surface area contributed by atoms with Crippen LogP contribution in [-0.4, -0.2) is 25.8 Å². The van der Waals surface area contributed by atoms with Crippen LogP contribution in [0.25, 0.3) is 0 Å². The van der Waals surface area contributed by atoms with Gasteiger partial charge < -0.3 is 15.5 Å². The molecule has 2 rings (SSSR count). The molecule has 0 aromatic heterocycles. The Kier molecular flexibility index (Phi) is 6.97. The van der Waals surface area contributed by atoms with Crippen LogP contribution in [0.1, 0.15) is 35.2 Å². The molecule has 0 aliphatic carbocycles. The number of hydrogen-bond donors (Lipinski definition) is 3. The molecule has 0 amide bonds. The van der Waals surface area contributed by atoms with Crippen molar-refractivity contribution in [2.24, 2.45) is 0 Å². The third-order valence-corrected chi connectivity index (χ3v) is 4.68. The van der Waals surface area contributed by atoms with Gasteiger partial charge >= 0.3 is 0 Å². The minimum absolute atomic E-state index is 0.352. The summed E-state index contributed by atoms with van der Waals surface area (Å²) in [6, 6.07) is 15.6. The molecular weight excluding hydrogens is 326 g/mol. The molecule has 4 heteroatoms. The molecule has 0 aliphatic rings. The standard InChI is InChI=1S/C21H29N3S/c1-6-17-7-9-18(10-8-17)20(24(4)5)14-22-21(25)23-19-12-15(2)11-16(3)13-19/h7-13,20H,6,14H2,1-5H3,(H2,22,23,25)/p+1/t20-/m0/s1. The number of anilines is 1. The Morgan fingerprint density at radius 2 is 1.64 bits per heavy atom. The monoisotopic (exact) mass is 356 g/mol. The van der Waals surface area contributed by atoms with Gasteiger partial charge in [0.25, 0.3) is 0 Å². The van der Waals surface area contributed by atoms with Crippen molar-refractivity contribution in [1.29, 1.82) is 0 Å². The maximum absolute atomic E-state index is 5.49. The lowest BCUT2D eigenvalue weighted by Gasteiger charge is -2.23. The quantitative estimate of drug-likeness (QED) is 0.695. The normalized spacial score (nSPS) is 12.1. The fourth-order valence-corrected chi connectivity index (χ4v) is 3.26. The predicted octanol–water partition coefficient (Wildman–Crippen LogP) is 3.04. The van der Waals surface area contributed by atoms with Crippen LogP contribution in [0.4, 0.5) is 5.69 Å². The number of rotatable bonds is 6. The first-order valence-corrected chi connectivity index (χ1v) is 9.32. The van der Waals surface area contributed by atoms with E-state index in [1.54, 1.807) is 0 Å². The highest BCUT2D eigenvalue weighted by molar-refractivity contribution is 7.80. The van der Waals surface area contributed by atoms with E-state index < -0.39 is 0 Å². The average molecular weight is 357 g/mol. The SMILES string of the molecule is CCc1ccc([C@H](CNC(=S)Nc2cc(C)cc(C)c2)[NH+](C)C)cc1. The number of aryl methyl sites for hydroxylation is 3. The smallest absolute Gasteiger partial charge is 0.171 e. The van der Waals surface area contributed by atoms with E-state index in [0.29, 0.717) is 11.2 Å². The van der Waals surface area contributed by atoms with Gasteiger partial charge in [-0.15, -0.1) is 0 Å². The van der Waals surface area contributed by atoms with Crippen LogP contribution >= 0.6 is 12.2 Å². The zero-order valence-electron chi connectivity index (χ0n) is 15.9. The summed E-state index contributed by atoms with van der Waals surface area (Å²) < 4.78 is 0. The van der Waals surface area contributed by atoms with Crippen molar-refractivity contribution >= 4 is 23.0 Å². The highest BCUT2D eigenvalue weighted by Crippen LogP contribution is 2.14. The van der Waals surface area contributed by atoms with Gasteiger partial charge in [0.2, 0.25) is 0 Å². The molecule has 25 heavy (non-hydrogen) atoms. The van der Waals surface area contributed by atoms with Gasteiger partial charge in [0.05, 0.1) is 20.6 Å². The first-order chi connectivity index (χ1) is 11.9. The zero-order chi connectivity index (χ0) is 18.4. The van der Waals surface area contributed by atoms with Crippen molar-refractivity contribution in [1.82, 2.24) is 5.32 Å². The number of likely N-dealkylation sites (N-methyl/N-ethyl adjacent to an activating group) is 1. The minimum atomic E-state index is 0.352. The second kappa shape index (κ2) is 8.97. The van der Waals surface area contributed by atoms with E-state index in [4.69, 9.17) is 12.2 Å². The Morgan fingerprint density at radius 3 is 2.16 bits per heavy atom. The van der Waals surface area contributed by atoms with Gasteiger partial charge in [-0.3, -0.25) is 0 Å². The fraction of sp³-hybridized carbons (Fsp3) is 0.381. The number of nitrogens with one attached hydrogen (secondary N) is 3. The minimum Gasteiger partial charge on any atom is -0.356 e. The molecule has 0 saturated heterocycles. The first kappa shape index (κ1) is 19.4. The average Bonchev–Trinajstić information content (AvgIpc) is 2.54. The van der Waals surface area contributed by atoms with Gasteiger partial charge in [-0.05, 0) is 61.3 Å². The summed E-state index contributed by atoms with van der Waals surface area (Å²) in [7, 11) is 4.36. The molecular formula is C21H30N3S+. The van der Waals surface area contributed by atoms with Crippen molar-refractivity contribution < 1.29 is 4.90 Å². The molecule has 0 unspecified atom stereocenters. The zero-order valence-corrected chi connectivity index (χ0v) is 16.8. The maximum atomic E-state index is 5.49. The van der Waals surface area contributed by atoms with Crippen molar-refractivity contribution in [2.45, 2.75) is 33.2 Å². The number of hydrogen-bond acceptors (Lipinski definition) is 1. The second-order valence-corrected chi connectivity index (χ2v) is 7.34. The molecule has 2 aromatic rings. The molecule has 0 saturated carbocycles. The number of quaternary nitrogens is 1. The van der Waals surface area contributed by atoms with E-state index in [0.717, 1.165) is 18.7 Å². The second-order valence-electron chi connectivity index (χ2n) is 6.94.